The molecule has 0 saturated carbocycles. The predicted molar refractivity (Wildman–Crippen MR) is 77.9 cm³/mol. The van der Waals surface area contributed by atoms with Gasteiger partial charge in [-0.15, -0.1) is 0 Å². The van der Waals surface area contributed by atoms with E-state index in [-0.39, 0.29) is 6.04 Å². The van der Waals surface area contributed by atoms with Crippen molar-refractivity contribution in [3.8, 4) is 5.88 Å². The van der Waals surface area contributed by atoms with Gasteiger partial charge in [0.25, 0.3) is 0 Å². The number of ether oxygens (including phenoxy) is 2. The van der Waals surface area contributed by atoms with Crippen LogP contribution in [0.2, 0.25) is 0 Å². The molecule has 1 aliphatic heterocycles. The van der Waals surface area contributed by atoms with Gasteiger partial charge in [-0.1, -0.05) is 24.3 Å². The average molecular weight is 270 g/mol. The van der Waals surface area contributed by atoms with Crippen LogP contribution in [0, 0.1) is 0 Å². The standard InChI is InChI=1S/C16H18N2O2/c1-2-20-16-8-7-13(9-17-16)18-15-11-19-10-12-5-3-4-6-14(12)15/h3-9,15,18H,2,10-11H2,1H3. The summed E-state index contributed by atoms with van der Waals surface area (Å²) in [6, 6.07) is 12.4. The average Bonchev–Trinajstić information content (AvgIpc) is 2.50. The first kappa shape index (κ1) is 12.9. The molecular weight excluding hydrogens is 252 g/mol. The molecule has 104 valence electrons. The predicted octanol–water partition coefficient (Wildman–Crippen LogP) is 3.16. The van der Waals surface area contributed by atoms with E-state index in [1.165, 1.54) is 11.1 Å². The maximum absolute atomic E-state index is 5.64. The van der Waals surface area contributed by atoms with Crippen molar-refractivity contribution in [2.24, 2.45) is 0 Å². The second-order valence-electron chi connectivity index (χ2n) is 4.73. The maximum atomic E-state index is 5.64. The second kappa shape index (κ2) is 5.92. The molecule has 1 N–H and O–H groups in total. The molecule has 4 heteroatoms. The molecule has 0 bridgehead atoms. The van der Waals surface area contributed by atoms with E-state index >= 15 is 0 Å². The van der Waals surface area contributed by atoms with Crippen LogP contribution in [0.1, 0.15) is 24.1 Å². The lowest BCUT2D eigenvalue weighted by molar-refractivity contribution is 0.0970. The van der Waals surface area contributed by atoms with Crippen LogP contribution in [0.3, 0.4) is 0 Å². The Morgan fingerprint density at radius 2 is 2.20 bits per heavy atom. The number of fused-ring (bicyclic) bond motifs is 1. The first-order valence-electron chi connectivity index (χ1n) is 6.87. The highest BCUT2D eigenvalue weighted by molar-refractivity contribution is 5.46. The fraction of sp³-hybridized carbons (Fsp3) is 0.312. The lowest BCUT2D eigenvalue weighted by Crippen LogP contribution is -2.23. The highest BCUT2D eigenvalue weighted by Gasteiger charge is 2.20. The topological polar surface area (TPSA) is 43.4 Å². The Kier molecular flexibility index (Phi) is 3.83. The van der Waals surface area contributed by atoms with Crippen molar-refractivity contribution in [2.75, 3.05) is 18.5 Å². The van der Waals surface area contributed by atoms with E-state index in [2.05, 4.69) is 28.5 Å². The summed E-state index contributed by atoms with van der Waals surface area (Å²) < 4.78 is 11.0. The van der Waals surface area contributed by atoms with E-state index in [9.17, 15) is 0 Å². The highest BCUT2D eigenvalue weighted by Crippen LogP contribution is 2.27. The third-order valence-corrected chi connectivity index (χ3v) is 3.34. The zero-order valence-electron chi connectivity index (χ0n) is 11.5. The Balaban J connectivity index is 1.75. The van der Waals surface area contributed by atoms with Crippen LogP contribution in [-0.4, -0.2) is 18.2 Å². The minimum atomic E-state index is 0.166. The van der Waals surface area contributed by atoms with Gasteiger partial charge in [0.15, 0.2) is 0 Å². The molecule has 1 aromatic carbocycles. The van der Waals surface area contributed by atoms with Crippen molar-refractivity contribution in [1.29, 1.82) is 0 Å². The second-order valence-corrected chi connectivity index (χ2v) is 4.73. The van der Waals surface area contributed by atoms with Gasteiger partial charge in [-0.05, 0) is 24.1 Å². The minimum Gasteiger partial charge on any atom is -0.478 e. The number of hydrogen-bond acceptors (Lipinski definition) is 4. The first-order chi connectivity index (χ1) is 9.86. The van der Waals surface area contributed by atoms with Gasteiger partial charge in [-0.25, -0.2) is 4.98 Å². The molecule has 1 atom stereocenters. The fourth-order valence-electron chi connectivity index (χ4n) is 2.40. The molecule has 0 spiro atoms. The summed E-state index contributed by atoms with van der Waals surface area (Å²) in [7, 11) is 0. The molecule has 3 rings (SSSR count). The summed E-state index contributed by atoms with van der Waals surface area (Å²) >= 11 is 0. The molecule has 1 aliphatic rings. The zero-order chi connectivity index (χ0) is 13.8. The number of nitrogens with zero attached hydrogens (tertiary/aromatic N) is 1. The lowest BCUT2D eigenvalue weighted by Gasteiger charge is -2.27. The van der Waals surface area contributed by atoms with Crippen LogP contribution in [0.25, 0.3) is 0 Å². The number of hydrogen-bond donors (Lipinski definition) is 1. The summed E-state index contributed by atoms with van der Waals surface area (Å²) in [6.45, 7) is 3.94. The molecule has 4 nitrogen and oxygen atoms in total. The van der Waals surface area contributed by atoms with Crippen molar-refractivity contribution in [3.63, 3.8) is 0 Å². The van der Waals surface area contributed by atoms with Crippen LogP contribution in [0.15, 0.2) is 42.6 Å². The van der Waals surface area contributed by atoms with Crippen LogP contribution in [-0.2, 0) is 11.3 Å². The monoisotopic (exact) mass is 270 g/mol. The Labute approximate surface area is 118 Å². The first-order valence-corrected chi connectivity index (χ1v) is 6.87. The Morgan fingerprint density at radius 1 is 1.30 bits per heavy atom. The van der Waals surface area contributed by atoms with Crippen LogP contribution in [0.4, 0.5) is 5.69 Å². The van der Waals surface area contributed by atoms with Crippen molar-refractivity contribution >= 4 is 5.69 Å². The van der Waals surface area contributed by atoms with Crippen LogP contribution in [0.5, 0.6) is 5.88 Å². The van der Waals surface area contributed by atoms with Gasteiger partial charge >= 0.3 is 0 Å². The smallest absolute Gasteiger partial charge is 0.213 e. The maximum Gasteiger partial charge on any atom is 0.213 e. The molecule has 0 radical (unpaired) electrons. The summed E-state index contributed by atoms with van der Waals surface area (Å²) in [4.78, 5) is 4.26. The molecule has 20 heavy (non-hydrogen) atoms. The van der Waals surface area contributed by atoms with Gasteiger partial charge in [-0.2, -0.15) is 0 Å². The molecule has 0 saturated heterocycles. The number of nitrogens with one attached hydrogen (secondary N) is 1. The van der Waals surface area contributed by atoms with Gasteiger partial charge in [0.05, 0.1) is 37.7 Å². The number of aromatic nitrogens is 1. The van der Waals surface area contributed by atoms with E-state index in [4.69, 9.17) is 9.47 Å². The number of rotatable bonds is 4. The fourth-order valence-corrected chi connectivity index (χ4v) is 2.40. The van der Waals surface area contributed by atoms with E-state index in [0.717, 1.165) is 5.69 Å². The van der Waals surface area contributed by atoms with Gasteiger partial charge in [0, 0.05) is 6.07 Å². The van der Waals surface area contributed by atoms with E-state index in [1.54, 1.807) is 6.20 Å². The van der Waals surface area contributed by atoms with Crippen molar-refractivity contribution in [1.82, 2.24) is 4.98 Å². The molecule has 2 heterocycles. The Hall–Kier alpha value is -2.07. The minimum absolute atomic E-state index is 0.166. The molecular formula is C16H18N2O2. The summed E-state index contributed by atoms with van der Waals surface area (Å²) in [5.41, 5.74) is 3.52. The number of benzene rings is 1. The SMILES string of the molecule is CCOc1ccc(NC2COCc3ccccc32)cn1. The molecule has 2 aromatic rings. The largest absolute Gasteiger partial charge is 0.478 e. The summed E-state index contributed by atoms with van der Waals surface area (Å²) in [5, 5.41) is 3.46. The third kappa shape index (κ3) is 2.75. The van der Waals surface area contributed by atoms with Crippen LogP contribution >= 0.6 is 0 Å². The summed E-state index contributed by atoms with van der Waals surface area (Å²) in [5.74, 6) is 0.651. The van der Waals surface area contributed by atoms with Gasteiger partial charge in [-0.3, -0.25) is 0 Å². The van der Waals surface area contributed by atoms with Crippen molar-refractivity contribution in [2.45, 2.75) is 19.6 Å². The molecule has 1 unspecified atom stereocenters. The Bertz CT molecular complexity index is 569. The molecule has 0 amide bonds. The molecule has 0 aliphatic carbocycles. The lowest BCUT2D eigenvalue weighted by atomic mass is 9.99. The highest BCUT2D eigenvalue weighted by atomic mass is 16.5. The molecule has 1 aromatic heterocycles. The third-order valence-electron chi connectivity index (χ3n) is 3.34. The van der Waals surface area contributed by atoms with E-state index in [0.29, 0.717) is 25.7 Å². The molecule has 0 fully saturated rings. The zero-order valence-corrected chi connectivity index (χ0v) is 11.5. The van der Waals surface area contributed by atoms with E-state index < -0.39 is 0 Å². The Morgan fingerprint density at radius 3 is 3.00 bits per heavy atom. The van der Waals surface area contributed by atoms with E-state index in [1.807, 2.05) is 25.1 Å². The van der Waals surface area contributed by atoms with Gasteiger partial charge in [0.1, 0.15) is 0 Å². The quantitative estimate of drug-likeness (QED) is 0.926. The van der Waals surface area contributed by atoms with Gasteiger partial charge in [0.2, 0.25) is 5.88 Å². The summed E-state index contributed by atoms with van der Waals surface area (Å²) in [6.07, 6.45) is 1.79. The number of pyridine rings is 1. The van der Waals surface area contributed by atoms with Crippen molar-refractivity contribution in [3.05, 3.63) is 53.7 Å². The van der Waals surface area contributed by atoms with Gasteiger partial charge < -0.3 is 14.8 Å². The van der Waals surface area contributed by atoms with Crippen LogP contribution < -0.4 is 10.1 Å². The number of anilines is 1. The normalized spacial score (nSPS) is 17.4. The van der Waals surface area contributed by atoms with Crippen molar-refractivity contribution < 1.29 is 9.47 Å².